The molecule has 0 aliphatic heterocycles. The van der Waals surface area contributed by atoms with Gasteiger partial charge in [0, 0.05) is 23.5 Å². The molecule has 4 heterocycles. The lowest BCUT2D eigenvalue weighted by Crippen LogP contribution is -1.91. The van der Waals surface area contributed by atoms with E-state index in [4.69, 9.17) is 9.97 Å². The Hall–Kier alpha value is -3.83. The molecule has 0 atom stereocenters. The highest BCUT2D eigenvalue weighted by Crippen LogP contribution is 2.41. The predicted octanol–water partition coefficient (Wildman–Crippen LogP) is 6.47. The lowest BCUT2D eigenvalue weighted by molar-refractivity contribution is 1.02. The molecule has 0 fully saturated rings. The highest BCUT2D eigenvalue weighted by molar-refractivity contribution is 7.99. The van der Waals surface area contributed by atoms with Gasteiger partial charge in [0.2, 0.25) is 0 Å². The fraction of sp³-hybridized carbons (Fsp3) is 0. The van der Waals surface area contributed by atoms with Crippen LogP contribution in [0, 0.1) is 0 Å². The number of imidazole rings is 2. The molecule has 6 aromatic rings. The van der Waals surface area contributed by atoms with Crippen molar-refractivity contribution < 1.29 is 0 Å². The Balaban J connectivity index is 1.60. The summed E-state index contributed by atoms with van der Waals surface area (Å²) in [7, 11) is 0. The van der Waals surface area contributed by atoms with Gasteiger partial charge in [-0.15, -0.1) is 0 Å². The van der Waals surface area contributed by atoms with Crippen molar-refractivity contribution in [3.8, 4) is 22.5 Å². The Morgan fingerprint density at radius 1 is 0.484 bits per heavy atom. The maximum absolute atomic E-state index is 4.96. The van der Waals surface area contributed by atoms with Crippen LogP contribution in [0.1, 0.15) is 0 Å². The predicted molar refractivity (Wildman–Crippen MR) is 125 cm³/mol. The molecule has 4 aromatic heterocycles. The zero-order chi connectivity index (χ0) is 20.6. The van der Waals surface area contributed by atoms with E-state index < -0.39 is 0 Å². The highest BCUT2D eigenvalue weighted by Gasteiger charge is 2.21. The van der Waals surface area contributed by atoms with Crippen molar-refractivity contribution in [1.82, 2.24) is 18.8 Å². The van der Waals surface area contributed by atoms with Crippen LogP contribution in [0.2, 0.25) is 0 Å². The van der Waals surface area contributed by atoms with Crippen molar-refractivity contribution in [2.75, 3.05) is 0 Å². The molecule has 6 rings (SSSR count). The zero-order valence-electron chi connectivity index (χ0n) is 16.6. The molecule has 31 heavy (non-hydrogen) atoms. The molecule has 0 spiro atoms. The Kier molecular flexibility index (Phi) is 4.32. The summed E-state index contributed by atoms with van der Waals surface area (Å²) in [5.41, 5.74) is 6.01. The number of nitrogens with zero attached hydrogens (tertiary/aromatic N) is 4. The summed E-state index contributed by atoms with van der Waals surface area (Å²) in [5.74, 6) is 0. The SMILES string of the molecule is c1ccc(-c2nc3ccccn3c2Sc2c(-c3ccccc3)nc3ccccn23)cc1. The van der Waals surface area contributed by atoms with Crippen molar-refractivity contribution in [3.05, 3.63) is 109 Å². The number of aromatic nitrogens is 4. The van der Waals surface area contributed by atoms with Gasteiger partial charge < -0.3 is 0 Å². The fourth-order valence-corrected chi connectivity index (χ4v) is 5.01. The average Bonchev–Trinajstić information content (AvgIpc) is 3.40. The van der Waals surface area contributed by atoms with Gasteiger partial charge in [-0.3, -0.25) is 8.80 Å². The van der Waals surface area contributed by atoms with Gasteiger partial charge in [-0.2, -0.15) is 0 Å². The summed E-state index contributed by atoms with van der Waals surface area (Å²) in [6.07, 6.45) is 4.14. The van der Waals surface area contributed by atoms with E-state index in [1.807, 2.05) is 48.5 Å². The lowest BCUT2D eigenvalue weighted by Gasteiger charge is -2.08. The molecule has 148 valence electrons. The van der Waals surface area contributed by atoms with Crippen molar-refractivity contribution in [1.29, 1.82) is 0 Å². The summed E-state index contributed by atoms with van der Waals surface area (Å²) in [6.45, 7) is 0. The minimum Gasteiger partial charge on any atom is -0.294 e. The molecule has 0 unspecified atom stereocenters. The van der Waals surface area contributed by atoms with Crippen LogP contribution >= 0.6 is 11.8 Å². The van der Waals surface area contributed by atoms with Crippen LogP contribution in [0.5, 0.6) is 0 Å². The second kappa shape index (κ2) is 7.45. The van der Waals surface area contributed by atoms with Gasteiger partial charge in [-0.1, -0.05) is 72.8 Å². The Morgan fingerprint density at radius 2 is 0.903 bits per heavy atom. The normalized spacial score (nSPS) is 11.4. The standard InChI is InChI=1S/C26H18N4S/c1-3-11-19(12-4-1)23-25(29-17-9-7-15-21(29)27-23)31-26-24(20-13-5-2-6-14-20)28-22-16-8-10-18-30(22)26/h1-18H. The number of fused-ring (bicyclic) bond motifs is 2. The van der Waals surface area contributed by atoms with E-state index >= 15 is 0 Å². The summed E-state index contributed by atoms with van der Waals surface area (Å²) in [6, 6.07) is 32.9. The minimum atomic E-state index is 0.930. The first-order valence-electron chi connectivity index (χ1n) is 10.1. The molecular weight excluding hydrogens is 400 g/mol. The quantitative estimate of drug-likeness (QED) is 0.329. The molecule has 4 nitrogen and oxygen atoms in total. The van der Waals surface area contributed by atoms with E-state index in [0.29, 0.717) is 0 Å². The zero-order valence-corrected chi connectivity index (χ0v) is 17.4. The first-order chi connectivity index (χ1) is 15.4. The number of hydrogen-bond acceptors (Lipinski definition) is 3. The van der Waals surface area contributed by atoms with Crippen LogP contribution in [-0.4, -0.2) is 18.8 Å². The van der Waals surface area contributed by atoms with Crippen LogP contribution in [0.25, 0.3) is 33.8 Å². The molecule has 2 aromatic carbocycles. The third-order valence-corrected chi connectivity index (χ3v) is 6.43. The molecule has 0 saturated carbocycles. The van der Waals surface area contributed by atoms with Crippen molar-refractivity contribution in [2.45, 2.75) is 10.1 Å². The summed E-state index contributed by atoms with van der Waals surface area (Å²) < 4.78 is 4.31. The third kappa shape index (κ3) is 3.10. The van der Waals surface area contributed by atoms with Crippen molar-refractivity contribution in [2.24, 2.45) is 0 Å². The molecule has 0 aliphatic carbocycles. The Bertz CT molecular complexity index is 1390. The van der Waals surface area contributed by atoms with Crippen LogP contribution in [0.3, 0.4) is 0 Å². The maximum atomic E-state index is 4.96. The van der Waals surface area contributed by atoms with Crippen molar-refractivity contribution in [3.63, 3.8) is 0 Å². The fourth-order valence-electron chi connectivity index (χ4n) is 3.80. The topological polar surface area (TPSA) is 34.6 Å². The van der Waals surface area contributed by atoms with E-state index in [2.05, 4.69) is 69.7 Å². The monoisotopic (exact) mass is 418 g/mol. The maximum Gasteiger partial charge on any atom is 0.138 e. The molecule has 5 heteroatoms. The van der Waals surface area contributed by atoms with E-state index in [0.717, 1.165) is 43.9 Å². The molecule has 0 saturated heterocycles. The van der Waals surface area contributed by atoms with Gasteiger partial charge in [0.1, 0.15) is 32.7 Å². The van der Waals surface area contributed by atoms with Gasteiger partial charge in [0.15, 0.2) is 0 Å². The molecule has 0 N–H and O–H groups in total. The first kappa shape index (κ1) is 18.0. The van der Waals surface area contributed by atoms with Crippen LogP contribution < -0.4 is 0 Å². The van der Waals surface area contributed by atoms with Gasteiger partial charge in [0.25, 0.3) is 0 Å². The molecule has 0 bridgehead atoms. The lowest BCUT2D eigenvalue weighted by atomic mass is 10.2. The van der Waals surface area contributed by atoms with E-state index in [1.165, 1.54) is 0 Å². The van der Waals surface area contributed by atoms with Gasteiger partial charge in [-0.05, 0) is 36.0 Å². The number of benzene rings is 2. The van der Waals surface area contributed by atoms with Crippen LogP contribution in [0.15, 0.2) is 120 Å². The number of rotatable bonds is 4. The molecule has 0 amide bonds. The largest absolute Gasteiger partial charge is 0.294 e. The Morgan fingerprint density at radius 3 is 1.35 bits per heavy atom. The minimum absolute atomic E-state index is 0.930. The van der Waals surface area contributed by atoms with Crippen LogP contribution in [0.4, 0.5) is 0 Å². The third-order valence-electron chi connectivity index (χ3n) is 5.26. The van der Waals surface area contributed by atoms with Crippen LogP contribution in [-0.2, 0) is 0 Å². The number of hydrogen-bond donors (Lipinski definition) is 0. The summed E-state index contributed by atoms with van der Waals surface area (Å²) in [4.78, 5) is 9.92. The summed E-state index contributed by atoms with van der Waals surface area (Å²) in [5, 5.41) is 2.15. The van der Waals surface area contributed by atoms with E-state index in [9.17, 15) is 0 Å². The van der Waals surface area contributed by atoms with Gasteiger partial charge >= 0.3 is 0 Å². The first-order valence-corrected chi connectivity index (χ1v) is 10.9. The van der Waals surface area contributed by atoms with E-state index in [1.54, 1.807) is 11.8 Å². The molecular formula is C26H18N4S. The second-order valence-electron chi connectivity index (χ2n) is 7.22. The smallest absolute Gasteiger partial charge is 0.138 e. The van der Waals surface area contributed by atoms with Crippen molar-refractivity contribution >= 4 is 23.1 Å². The average molecular weight is 419 g/mol. The highest BCUT2D eigenvalue weighted by atomic mass is 32.2. The molecule has 0 aliphatic rings. The van der Waals surface area contributed by atoms with Gasteiger partial charge in [-0.25, -0.2) is 9.97 Å². The molecule has 0 radical (unpaired) electrons. The van der Waals surface area contributed by atoms with E-state index in [-0.39, 0.29) is 0 Å². The Labute approximate surface area is 183 Å². The van der Waals surface area contributed by atoms with Gasteiger partial charge in [0.05, 0.1) is 0 Å². The summed E-state index contributed by atoms with van der Waals surface area (Å²) >= 11 is 1.70. The number of pyridine rings is 2. The second-order valence-corrected chi connectivity index (χ2v) is 8.20.